The first-order valence-corrected chi connectivity index (χ1v) is 5.19. The van der Waals surface area contributed by atoms with Crippen LogP contribution in [0.1, 0.15) is 13.8 Å². The maximum Gasteiger partial charge on any atom is 0.226 e. The summed E-state index contributed by atoms with van der Waals surface area (Å²) in [5, 5.41) is 12.4. The van der Waals surface area contributed by atoms with Crippen molar-refractivity contribution in [3.05, 3.63) is 30.6 Å². The largest absolute Gasteiger partial charge is 0.325 e. The molecule has 1 aromatic heterocycles. The quantitative estimate of drug-likeness (QED) is 0.835. The summed E-state index contributed by atoms with van der Waals surface area (Å²) in [7, 11) is 0. The van der Waals surface area contributed by atoms with Crippen molar-refractivity contribution < 1.29 is 4.79 Å². The molecule has 0 aliphatic carbocycles. The lowest BCUT2D eigenvalue weighted by Gasteiger charge is -2.09. The lowest BCUT2D eigenvalue weighted by Crippen LogP contribution is -2.17. The molecule has 0 radical (unpaired) electrons. The zero-order valence-corrected chi connectivity index (χ0v) is 9.27. The average Bonchev–Trinajstić information content (AvgIpc) is 2.29. The predicted molar refractivity (Wildman–Crippen MR) is 63.0 cm³/mol. The number of anilines is 1. The number of amides is 1. The van der Waals surface area contributed by atoms with Gasteiger partial charge in [0.15, 0.2) is 0 Å². The molecule has 4 nitrogen and oxygen atoms in total. The highest BCUT2D eigenvalue weighted by molar-refractivity contribution is 6.01. The Bertz CT molecular complexity index is 517. The van der Waals surface area contributed by atoms with Gasteiger partial charge in [0.2, 0.25) is 5.91 Å². The van der Waals surface area contributed by atoms with Crippen LogP contribution in [0.25, 0.3) is 10.8 Å². The van der Waals surface area contributed by atoms with Gasteiger partial charge >= 0.3 is 0 Å². The second-order valence-corrected chi connectivity index (χ2v) is 3.94. The molecule has 16 heavy (non-hydrogen) atoms. The highest BCUT2D eigenvalue weighted by Crippen LogP contribution is 2.21. The van der Waals surface area contributed by atoms with Gasteiger partial charge < -0.3 is 5.32 Å². The second-order valence-electron chi connectivity index (χ2n) is 3.94. The molecule has 1 amide bonds. The van der Waals surface area contributed by atoms with E-state index >= 15 is 0 Å². The smallest absolute Gasteiger partial charge is 0.226 e. The molecule has 2 rings (SSSR count). The normalized spacial score (nSPS) is 10.7. The van der Waals surface area contributed by atoms with Crippen LogP contribution in [0.3, 0.4) is 0 Å². The SMILES string of the molecule is CC(C)C(=O)Nc1cccc2cnncc12. The van der Waals surface area contributed by atoms with E-state index in [-0.39, 0.29) is 11.8 Å². The van der Waals surface area contributed by atoms with Crippen LogP contribution in [0.4, 0.5) is 5.69 Å². The second kappa shape index (κ2) is 4.26. The number of carbonyl (C=O) groups excluding carboxylic acids is 1. The summed E-state index contributed by atoms with van der Waals surface area (Å²) in [4.78, 5) is 11.6. The van der Waals surface area contributed by atoms with Gasteiger partial charge in [-0.3, -0.25) is 4.79 Å². The molecule has 0 saturated heterocycles. The maximum absolute atomic E-state index is 11.6. The van der Waals surface area contributed by atoms with Crippen LogP contribution in [0.5, 0.6) is 0 Å². The van der Waals surface area contributed by atoms with Crippen molar-refractivity contribution >= 4 is 22.4 Å². The van der Waals surface area contributed by atoms with E-state index in [4.69, 9.17) is 0 Å². The Balaban J connectivity index is 2.41. The van der Waals surface area contributed by atoms with Crippen LogP contribution in [0, 0.1) is 5.92 Å². The average molecular weight is 215 g/mol. The fraction of sp³-hybridized carbons (Fsp3) is 0.250. The zero-order valence-electron chi connectivity index (χ0n) is 9.27. The molecule has 0 bridgehead atoms. The van der Waals surface area contributed by atoms with Gasteiger partial charge in [-0.05, 0) is 6.07 Å². The Morgan fingerprint density at radius 1 is 1.25 bits per heavy atom. The summed E-state index contributed by atoms with van der Waals surface area (Å²) in [6.45, 7) is 3.72. The Morgan fingerprint density at radius 2 is 2.00 bits per heavy atom. The van der Waals surface area contributed by atoms with Crippen molar-refractivity contribution in [2.45, 2.75) is 13.8 Å². The van der Waals surface area contributed by atoms with Gasteiger partial charge in [0.05, 0.1) is 18.1 Å². The van der Waals surface area contributed by atoms with Crippen molar-refractivity contribution in [2.75, 3.05) is 5.32 Å². The highest BCUT2D eigenvalue weighted by Gasteiger charge is 2.09. The third-order valence-electron chi connectivity index (χ3n) is 2.37. The Labute approximate surface area is 93.7 Å². The number of nitrogens with one attached hydrogen (secondary N) is 1. The van der Waals surface area contributed by atoms with E-state index in [0.29, 0.717) is 0 Å². The molecule has 1 heterocycles. The molecule has 82 valence electrons. The molecule has 2 aromatic rings. The van der Waals surface area contributed by atoms with Crippen LogP contribution >= 0.6 is 0 Å². The summed E-state index contributed by atoms with van der Waals surface area (Å²) in [6, 6.07) is 5.69. The summed E-state index contributed by atoms with van der Waals surface area (Å²) in [6.07, 6.45) is 3.34. The molecule has 1 aromatic carbocycles. The van der Waals surface area contributed by atoms with Gasteiger partial charge in [-0.25, -0.2) is 0 Å². The minimum absolute atomic E-state index is 0.00399. The van der Waals surface area contributed by atoms with Crippen LogP contribution < -0.4 is 5.32 Å². The monoisotopic (exact) mass is 215 g/mol. The molecule has 0 aliphatic rings. The lowest BCUT2D eigenvalue weighted by atomic mass is 10.1. The van der Waals surface area contributed by atoms with Gasteiger partial charge in [0.25, 0.3) is 0 Å². The molecule has 1 N–H and O–H groups in total. The molecule has 0 atom stereocenters. The van der Waals surface area contributed by atoms with Crippen LogP contribution in [0.15, 0.2) is 30.6 Å². The van der Waals surface area contributed by atoms with E-state index in [0.717, 1.165) is 16.5 Å². The number of benzene rings is 1. The van der Waals surface area contributed by atoms with Crippen LogP contribution in [-0.4, -0.2) is 16.1 Å². The lowest BCUT2D eigenvalue weighted by molar-refractivity contribution is -0.118. The zero-order chi connectivity index (χ0) is 11.5. The molecule has 0 fully saturated rings. The number of nitrogens with zero attached hydrogens (tertiary/aromatic N) is 2. The summed E-state index contributed by atoms with van der Waals surface area (Å²) in [5.41, 5.74) is 0.783. The topological polar surface area (TPSA) is 54.9 Å². The Morgan fingerprint density at radius 3 is 2.75 bits per heavy atom. The van der Waals surface area contributed by atoms with E-state index in [1.165, 1.54) is 0 Å². The number of rotatable bonds is 2. The third kappa shape index (κ3) is 2.00. The van der Waals surface area contributed by atoms with Crippen molar-refractivity contribution in [1.29, 1.82) is 0 Å². The Kier molecular flexibility index (Phi) is 2.81. The summed E-state index contributed by atoms with van der Waals surface area (Å²) < 4.78 is 0. The number of carbonyl (C=O) groups is 1. The molecule has 0 aliphatic heterocycles. The number of aromatic nitrogens is 2. The fourth-order valence-corrected chi connectivity index (χ4v) is 1.41. The highest BCUT2D eigenvalue weighted by atomic mass is 16.1. The van der Waals surface area contributed by atoms with Gasteiger partial charge in [-0.1, -0.05) is 26.0 Å². The number of hydrogen-bond acceptors (Lipinski definition) is 3. The van der Waals surface area contributed by atoms with Gasteiger partial charge in [0.1, 0.15) is 0 Å². The van der Waals surface area contributed by atoms with Crippen molar-refractivity contribution in [3.63, 3.8) is 0 Å². The number of fused-ring (bicyclic) bond motifs is 1. The minimum atomic E-state index is -0.0370. The summed E-state index contributed by atoms with van der Waals surface area (Å²) >= 11 is 0. The molecule has 0 unspecified atom stereocenters. The van der Waals surface area contributed by atoms with Crippen LogP contribution in [0.2, 0.25) is 0 Å². The van der Waals surface area contributed by atoms with Crippen molar-refractivity contribution in [3.8, 4) is 0 Å². The first kappa shape index (κ1) is 10.5. The molecule has 4 heteroatoms. The van der Waals surface area contributed by atoms with E-state index < -0.39 is 0 Å². The van der Waals surface area contributed by atoms with E-state index in [1.807, 2.05) is 32.0 Å². The Hall–Kier alpha value is -1.97. The van der Waals surface area contributed by atoms with Gasteiger partial charge in [-0.2, -0.15) is 10.2 Å². The van der Waals surface area contributed by atoms with Crippen molar-refractivity contribution in [1.82, 2.24) is 10.2 Å². The van der Waals surface area contributed by atoms with Crippen molar-refractivity contribution in [2.24, 2.45) is 5.92 Å². The first-order chi connectivity index (χ1) is 7.68. The van der Waals surface area contributed by atoms with Gasteiger partial charge in [-0.15, -0.1) is 0 Å². The minimum Gasteiger partial charge on any atom is -0.325 e. The fourth-order valence-electron chi connectivity index (χ4n) is 1.41. The molecule has 0 saturated carbocycles. The molecular weight excluding hydrogens is 202 g/mol. The maximum atomic E-state index is 11.6. The van der Waals surface area contributed by atoms with Crippen LogP contribution in [-0.2, 0) is 4.79 Å². The number of hydrogen-bond donors (Lipinski definition) is 1. The third-order valence-corrected chi connectivity index (χ3v) is 2.37. The molecule has 0 spiro atoms. The molecular formula is C12H13N3O. The van der Waals surface area contributed by atoms with E-state index in [1.54, 1.807) is 12.4 Å². The standard InChI is InChI=1S/C12H13N3O/c1-8(2)12(16)15-11-5-3-4-9-6-13-14-7-10(9)11/h3-8H,1-2H3,(H,15,16). The van der Waals surface area contributed by atoms with E-state index in [9.17, 15) is 4.79 Å². The van der Waals surface area contributed by atoms with E-state index in [2.05, 4.69) is 15.5 Å². The first-order valence-electron chi connectivity index (χ1n) is 5.19. The van der Waals surface area contributed by atoms with Gasteiger partial charge in [0, 0.05) is 16.7 Å². The predicted octanol–water partition coefficient (Wildman–Crippen LogP) is 2.22. The summed E-state index contributed by atoms with van der Waals surface area (Å²) in [5.74, 6) is -0.0330.